The minimum atomic E-state index is -0.248. The third kappa shape index (κ3) is 3.59. The second-order valence-corrected chi connectivity index (χ2v) is 8.73. The van der Waals surface area contributed by atoms with E-state index < -0.39 is 0 Å². The molecule has 1 saturated heterocycles. The molecule has 0 radical (unpaired) electrons. The molecule has 2 aliphatic heterocycles. The van der Waals surface area contributed by atoms with Crippen molar-refractivity contribution in [1.29, 1.82) is 0 Å². The Bertz CT molecular complexity index is 934. The van der Waals surface area contributed by atoms with Gasteiger partial charge in [-0.3, -0.25) is 0 Å². The van der Waals surface area contributed by atoms with Crippen LogP contribution in [0.2, 0.25) is 0 Å². The maximum Gasteiger partial charge on any atom is 0.186 e. The van der Waals surface area contributed by atoms with Crippen molar-refractivity contribution in [3.05, 3.63) is 53.8 Å². The lowest BCUT2D eigenvalue weighted by molar-refractivity contribution is 0.215. The molecule has 3 aromatic rings. The van der Waals surface area contributed by atoms with E-state index in [0.29, 0.717) is 11.7 Å². The molecule has 2 aliphatic rings. The van der Waals surface area contributed by atoms with Crippen LogP contribution < -0.4 is 15.0 Å². The number of para-hydroxylation sites is 2. The van der Waals surface area contributed by atoms with E-state index in [9.17, 15) is 4.39 Å². The van der Waals surface area contributed by atoms with Gasteiger partial charge in [0.1, 0.15) is 6.10 Å². The second kappa shape index (κ2) is 7.68. The molecular formula is C22H24FN3OS. The van der Waals surface area contributed by atoms with Gasteiger partial charge in [0.25, 0.3) is 0 Å². The van der Waals surface area contributed by atoms with Crippen molar-refractivity contribution in [1.82, 2.24) is 10.3 Å². The van der Waals surface area contributed by atoms with Gasteiger partial charge >= 0.3 is 0 Å². The van der Waals surface area contributed by atoms with Crippen LogP contribution >= 0.6 is 11.3 Å². The Labute approximate surface area is 168 Å². The monoisotopic (exact) mass is 397 g/mol. The number of nitrogens with zero attached hydrogens (tertiary/aromatic N) is 2. The molecule has 4 nitrogen and oxygen atoms in total. The molecule has 6 heteroatoms. The number of nitrogens with one attached hydrogen (secondary N) is 1. The lowest BCUT2D eigenvalue weighted by atomic mass is 9.97. The number of benzene rings is 2. The summed E-state index contributed by atoms with van der Waals surface area (Å²) in [4.78, 5) is 7.20. The zero-order valence-electron chi connectivity index (χ0n) is 15.7. The number of piperidine rings is 1. The van der Waals surface area contributed by atoms with Crippen LogP contribution in [0, 0.1) is 11.7 Å². The van der Waals surface area contributed by atoms with Crippen molar-refractivity contribution < 1.29 is 9.13 Å². The fraction of sp³-hybridized carbons (Fsp3) is 0.409. The first-order chi connectivity index (χ1) is 13.8. The molecule has 1 unspecified atom stereocenters. The van der Waals surface area contributed by atoms with E-state index in [0.717, 1.165) is 48.8 Å². The average Bonchev–Trinajstić information content (AvgIpc) is 3.33. The van der Waals surface area contributed by atoms with E-state index in [2.05, 4.69) is 28.4 Å². The highest BCUT2D eigenvalue weighted by Gasteiger charge is 2.26. The van der Waals surface area contributed by atoms with Gasteiger partial charge in [-0.05, 0) is 43.5 Å². The maximum atomic E-state index is 13.8. The maximum absolute atomic E-state index is 13.8. The highest BCUT2D eigenvalue weighted by atomic mass is 32.1. The molecule has 28 heavy (non-hydrogen) atoms. The first-order valence-corrected chi connectivity index (χ1v) is 10.8. The van der Waals surface area contributed by atoms with Crippen LogP contribution in [0.4, 0.5) is 9.52 Å². The lowest BCUT2D eigenvalue weighted by Gasteiger charge is -2.32. The van der Waals surface area contributed by atoms with E-state index in [4.69, 9.17) is 9.72 Å². The van der Waals surface area contributed by atoms with E-state index in [1.807, 2.05) is 12.1 Å². The number of thiazole rings is 1. The quantitative estimate of drug-likeness (QED) is 0.699. The third-order valence-electron chi connectivity index (χ3n) is 5.75. The highest BCUT2D eigenvalue weighted by molar-refractivity contribution is 7.22. The average molecular weight is 398 g/mol. The number of ether oxygens (including phenoxy) is 1. The molecule has 5 rings (SSSR count). The number of rotatable bonds is 5. The van der Waals surface area contributed by atoms with Gasteiger partial charge in [0.05, 0.1) is 10.2 Å². The fourth-order valence-electron chi connectivity index (χ4n) is 4.19. The SMILES string of the molecule is Fc1cccc2c1OC(CNCC1CCN(c3nc4ccccc4s3)CC1)C2. The summed E-state index contributed by atoms with van der Waals surface area (Å²) in [5, 5.41) is 4.69. The lowest BCUT2D eigenvalue weighted by Crippen LogP contribution is -2.39. The summed E-state index contributed by atoms with van der Waals surface area (Å²) >= 11 is 1.79. The summed E-state index contributed by atoms with van der Waals surface area (Å²) in [6.45, 7) is 3.88. The molecule has 0 saturated carbocycles. The van der Waals surface area contributed by atoms with Crippen LogP contribution in [0.15, 0.2) is 42.5 Å². The van der Waals surface area contributed by atoms with Crippen molar-refractivity contribution in [3.8, 4) is 5.75 Å². The largest absolute Gasteiger partial charge is 0.485 e. The van der Waals surface area contributed by atoms with E-state index in [-0.39, 0.29) is 11.9 Å². The first-order valence-electron chi connectivity index (χ1n) is 10.0. The summed E-state index contributed by atoms with van der Waals surface area (Å²) in [5.41, 5.74) is 2.08. The molecule has 146 valence electrons. The molecule has 2 aromatic carbocycles. The third-order valence-corrected chi connectivity index (χ3v) is 6.85. The molecule has 0 spiro atoms. The number of halogens is 1. The zero-order valence-corrected chi connectivity index (χ0v) is 16.6. The molecule has 1 aromatic heterocycles. The van der Waals surface area contributed by atoms with Gasteiger partial charge in [0.2, 0.25) is 0 Å². The molecule has 1 fully saturated rings. The Kier molecular flexibility index (Phi) is 4.91. The van der Waals surface area contributed by atoms with Crippen molar-refractivity contribution in [3.63, 3.8) is 0 Å². The van der Waals surface area contributed by atoms with Crippen LogP contribution in [0.3, 0.4) is 0 Å². The van der Waals surface area contributed by atoms with Gasteiger partial charge in [-0.15, -0.1) is 0 Å². The van der Waals surface area contributed by atoms with Crippen LogP contribution in [0.25, 0.3) is 10.2 Å². The van der Waals surface area contributed by atoms with Crippen molar-refractivity contribution in [2.75, 3.05) is 31.1 Å². The molecule has 0 aliphatic carbocycles. The summed E-state index contributed by atoms with van der Waals surface area (Å²) < 4.78 is 20.8. The van der Waals surface area contributed by atoms with Gasteiger partial charge in [0, 0.05) is 31.6 Å². The molecule has 0 bridgehead atoms. The number of hydrogen-bond acceptors (Lipinski definition) is 5. The van der Waals surface area contributed by atoms with Crippen LogP contribution in [0.5, 0.6) is 5.75 Å². The zero-order chi connectivity index (χ0) is 18.9. The smallest absolute Gasteiger partial charge is 0.186 e. The Hall–Kier alpha value is -2.18. The first kappa shape index (κ1) is 17.9. The van der Waals surface area contributed by atoms with Crippen LogP contribution in [-0.2, 0) is 6.42 Å². The van der Waals surface area contributed by atoms with Crippen molar-refractivity contribution in [2.45, 2.75) is 25.4 Å². The summed E-state index contributed by atoms with van der Waals surface area (Å²) in [6, 6.07) is 13.5. The van der Waals surface area contributed by atoms with Crippen molar-refractivity contribution >= 4 is 26.7 Å². The van der Waals surface area contributed by atoms with Crippen LogP contribution in [-0.4, -0.2) is 37.3 Å². The predicted molar refractivity (Wildman–Crippen MR) is 112 cm³/mol. The number of fused-ring (bicyclic) bond motifs is 2. The van der Waals surface area contributed by atoms with Gasteiger partial charge in [0.15, 0.2) is 16.7 Å². The summed E-state index contributed by atoms with van der Waals surface area (Å²) in [7, 11) is 0. The Morgan fingerprint density at radius 2 is 1.96 bits per heavy atom. The molecule has 0 amide bonds. The topological polar surface area (TPSA) is 37.4 Å². The summed E-state index contributed by atoms with van der Waals surface area (Å²) in [6.07, 6.45) is 3.16. The van der Waals surface area contributed by atoms with Gasteiger partial charge in [-0.25, -0.2) is 9.37 Å². The molecule has 1 atom stereocenters. The number of aromatic nitrogens is 1. The Morgan fingerprint density at radius 3 is 2.79 bits per heavy atom. The minimum Gasteiger partial charge on any atom is -0.485 e. The van der Waals surface area contributed by atoms with Gasteiger partial charge in [-0.1, -0.05) is 35.6 Å². The van der Waals surface area contributed by atoms with Crippen molar-refractivity contribution in [2.24, 2.45) is 5.92 Å². The van der Waals surface area contributed by atoms with Gasteiger partial charge in [-0.2, -0.15) is 0 Å². The van der Waals surface area contributed by atoms with Crippen LogP contribution in [0.1, 0.15) is 18.4 Å². The Morgan fingerprint density at radius 1 is 1.11 bits per heavy atom. The van der Waals surface area contributed by atoms with E-state index in [1.165, 1.54) is 23.6 Å². The molecule has 3 heterocycles. The number of anilines is 1. The number of hydrogen-bond donors (Lipinski definition) is 1. The van der Waals surface area contributed by atoms with E-state index >= 15 is 0 Å². The normalized spacial score (nSPS) is 19.8. The van der Waals surface area contributed by atoms with Gasteiger partial charge < -0.3 is 15.0 Å². The molecule has 1 N–H and O–H groups in total. The second-order valence-electron chi connectivity index (χ2n) is 7.72. The highest BCUT2D eigenvalue weighted by Crippen LogP contribution is 2.32. The summed E-state index contributed by atoms with van der Waals surface area (Å²) in [5.74, 6) is 0.867. The predicted octanol–water partition coefficient (Wildman–Crippen LogP) is 4.25. The minimum absolute atomic E-state index is 0.0368. The Balaban J connectivity index is 1.08. The van der Waals surface area contributed by atoms with E-state index in [1.54, 1.807) is 17.4 Å². The molecular weight excluding hydrogens is 373 g/mol. The standard InChI is InChI=1S/C22H24FN3OS/c23-18-5-3-4-16-12-17(27-21(16)18)14-24-13-15-8-10-26(11-9-15)22-25-19-6-1-2-7-20(19)28-22/h1-7,15,17,24H,8-14H2. The fourth-order valence-corrected chi connectivity index (χ4v) is 5.20.